The number of hydrogen-bond donors (Lipinski definition) is 1. The van der Waals surface area contributed by atoms with E-state index in [1.165, 1.54) is 45.2 Å². The highest BCUT2D eigenvalue weighted by Gasteiger charge is 2.35. The predicted molar refractivity (Wildman–Crippen MR) is 84.8 cm³/mol. The average molecular weight is 272 g/mol. The van der Waals surface area contributed by atoms with Crippen LogP contribution < -0.4 is 5.73 Å². The lowest BCUT2D eigenvalue weighted by atomic mass is 9.82. The van der Waals surface area contributed by atoms with Crippen LogP contribution in [0, 0.1) is 5.92 Å². The Kier molecular flexibility index (Phi) is 4.42. The summed E-state index contributed by atoms with van der Waals surface area (Å²) < 4.78 is 0. The van der Waals surface area contributed by atoms with Crippen LogP contribution in [0.5, 0.6) is 0 Å². The van der Waals surface area contributed by atoms with Gasteiger partial charge >= 0.3 is 0 Å². The highest BCUT2D eigenvalue weighted by molar-refractivity contribution is 5.36. The zero-order valence-corrected chi connectivity index (χ0v) is 12.7. The lowest BCUT2D eigenvalue weighted by molar-refractivity contribution is 0.0954. The Hall–Kier alpha value is -0.860. The van der Waals surface area contributed by atoms with Gasteiger partial charge in [-0.15, -0.1) is 0 Å². The van der Waals surface area contributed by atoms with E-state index in [9.17, 15) is 0 Å². The molecule has 1 saturated carbocycles. The monoisotopic (exact) mass is 272 g/mol. The molecule has 2 aliphatic rings. The topological polar surface area (TPSA) is 29.3 Å². The van der Waals surface area contributed by atoms with Gasteiger partial charge in [0, 0.05) is 6.04 Å². The zero-order valence-electron chi connectivity index (χ0n) is 12.7. The molecule has 20 heavy (non-hydrogen) atoms. The van der Waals surface area contributed by atoms with Crippen molar-refractivity contribution in [3.05, 3.63) is 35.4 Å². The Labute approximate surface area is 123 Å². The van der Waals surface area contributed by atoms with E-state index in [-0.39, 0.29) is 0 Å². The summed E-state index contributed by atoms with van der Waals surface area (Å²) in [4.78, 5) is 2.70. The normalized spacial score (nSPS) is 27.7. The molecule has 2 heteroatoms. The van der Waals surface area contributed by atoms with Crippen molar-refractivity contribution in [1.82, 2.24) is 4.90 Å². The fourth-order valence-corrected chi connectivity index (χ4v) is 3.93. The van der Waals surface area contributed by atoms with E-state index in [1.807, 2.05) is 0 Å². The van der Waals surface area contributed by atoms with Crippen molar-refractivity contribution in [2.45, 2.75) is 51.0 Å². The first-order chi connectivity index (χ1) is 9.85. The molecule has 2 nitrogen and oxygen atoms in total. The molecular weight excluding hydrogens is 244 g/mol. The maximum Gasteiger partial charge on any atom is 0.0391 e. The largest absolute Gasteiger partial charge is 0.330 e. The fourth-order valence-electron chi connectivity index (χ4n) is 3.93. The van der Waals surface area contributed by atoms with Gasteiger partial charge in [0.25, 0.3) is 0 Å². The third-order valence-electron chi connectivity index (χ3n) is 5.01. The lowest BCUT2D eigenvalue weighted by Crippen LogP contribution is -2.42. The quantitative estimate of drug-likeness (QED) is 0.886. The van der Waals surface area contributed by atoms with Crippen LogP contribution in [-0.4, -0.2) is 24.5 Å². The molecule has 0 radical (unpaired) electrons. The zero-order chi connectivity index (χ0) is 13.9. The van der Waals surface area contributed by atoms with Crippen LogP contribution in [0.2, 0.25) is 0 Å². The maximum atomic E-state index is 6.10. The molecule has 2 fully saturated rings. The third-order valence-corrected chi connectivity index (χ3v) is 5.01. The van der Waals surface area contributed by atoms with Crippen molar-refractivity contribution in [1.29, 1.82) is 0 Å². The second kappa shape index (κ2) is 6.28. The fraction of sp³-hybridized carbons (Fsp3) is 0.667. The van der Waals surface area contributed by atoms with E-state index >= 15 is 0 Å². The minimum absolute atomic E-state index is 0.561. The summed E-state index contributed by atoms with van der Waals surface area (Å²) in [5.74, 6) is 1.46. The van der Waals surface area contributed by atoms with Crippen LogP contribution >= 0.6 is 0 Å². The number of piperidine rings is 1. The first kappa shape index (κ1) is 14.1. The van der Waals surface area contributed by atoms with Crippen molar-refractivity contribution in [3.63, 3.8) is 0 Å². The minimum atomic E-state index is 0.561. The van der Waals surface area contributed by atoms with Gasteiger partial charge < -0.3 is 5.73 Å². The molecule has 0 amide bonds. The standard InChI is InChI=1S/C18H28N2/c1-2-11-20-12-5-6-15(13-19)18(20)17-8-4-3-7-16(17)14-9-10-14/h3-4,7-8,14-15,18H,2,5-6,9-13,19H2,1H3. The summed E-state index contributed by atoms with van der Waals surface area (Å²) in [5, 5.41) is 0. The molecule has 2 atom stereocenters. The van der Waals surface area contributed by atoms with E-state index in [0.717, 1.165) is 12.5 Å². The molecule has 1 aliphatic carbocycles. The van der Waals surface area contributed by atoms with Gasteiger partial charge in [-0.1, -0.05) is 31.2 Å². The van der Waals surface area contributed by atoms with Gasteiger partial charge in [0.05, 0.1) is 0 Å². The molecular formula is C18H28N2. The Morgan fingerprint density at radius 2 is 1.90 bits per heavy atom. The van der Waals surface area contributed by atoms with Crippen LogP contribution in [0.15, 0.2) is 24.3 Å². The van der Waals surface area contributed by atoms with Gasteiger partial charge in [-0.25, -0.2) is 0 Å². The number of hydrogen-bond acceptors (Lipinski definition) is 2. The Balaban J connectivity index is 1.94. The van der Waals surface area contributed by atoms with E-state index in [1.54, 1.807) is 11.1 Å². The number of rotatable bonds is 5. The molecule has 110 valence electrons. The summed E-state index contributed by atoms with van der Waals surface area (Å²) in [6, 6.07) is 9.72. The molecule has 1 aromatic carbocycles. The summed E-state index contributed by atoms with van der Waals surface area (Å²) in [6.45, 7) is 5.56. The van der Waals surface area contributed by atoms with E-state index < -0.39 is 0 Å². The molecule has 2 N–H and O–H groups in total. The van der Waals surface area contributed by atoms with Crippen LogP contribution in [-0.2, 0) is 0 Å². The molecule has 0 spiro atoms. The summed E-state index contributed by atoms with van der Waals surface area (Å²) in [5.41, 5.74) is 9.30. The summed E-state index contributed by atoms with van der Waals surface area (Å²) in [6.07, 6.45) is 6.60. The van der Waals surface area contributed by atoms with Crippen molar-refractivity contribution >= 4 is 0 Å². The van der Waals surface area contributed by atoms with Gasteiger partial charge in [0.2, 0.25) is 0 Å². The first-order valence-corrected chi connectivity index (χ1v) is 8.38. The van der Waals surface area contributed by atoms with Crippen LogP contribution in [0.4, 0.5) is 0 Å². The SMILES string of the molecule is CCCN1CCCC(CN)C1c1ccccc1C1CC1. The molecule has 1 aliphatic heterocycles. The van der Waals surface area contributed by atoms with Gasteiger partial charge in [0.15, 0.2) is 0 Å². The molecule has 1 saturated heterocycles. The minimum Gasteiger partial charge on any atom is -0.330 e. The van der Waals surface area contributed by atoms with Crippen molar-refractivity contribution < 1.29 is 0 Å². The number of nitrogens with zero attached hydrogens (tertiary/aromatic N) is 1. The number of likely N-dealkylation sites (tertiary alicyclic amines) is 1. The van der Waals surface area contributed by atoms with E-state index in [0.29, 0.717) is 12.0 Å². The van der Waals surface area contributed by atoms with Crippen LogP contribution in [0.25, 0.3) is 0 Å². The van der Waals surface area contributed by atoms with Gasteiger partial charge in [-0.05, 0) is 74.7 Å². The number of nitrogens with two attached hydrogens (primary N) is 1. The summed E-state index contributed by atoms with van der Waals surface area (Å²) >= 11 is 0. The highest BCUT2D eigenvalue weighted by atomic mass is 15.2. The van der Waals surface area contributed by atoms with Gasteiger partial charge in [-0.3, -0.25) is 4.90 Å². The first-order valence-electron chi connectivity index (χ1n) is 8.38. The Morgan fingerprint density at radius 1 is 1.15 bits per heavy atom. The van der Waals surface area contributed by atoms with E-state index in [4.69, 9.17) is 5.73 Å². The van der Waals surface area contributed by atoms with Gasteiger partial charge in [-0.2, -0.15) is 0 Å². The molecule has 0 aromatic heterocycles. The Morgan fingerprint density at radius 3 is 2.55 bits per heavy atom. The lowest BCUT2D eigenvalue weighted by Gasteiger charge is -2.42. The average Bonchev–Trinajstić information content (AvgIpc) is 3.32. The second-order valence-corrected chi connectivity index (χ2v) is 6.52. The second-order valence-electron chi connectivity index (χ2n) is 6.52. The van der Waals surface area contributed by atoms with Crippen molar-refractivity contribution in [2.75, 3.05) is 19.6 Å². The smallest absolute Gasteiger partial charge is 0.0391 e. The summed E-state index contributed by atoms with van der Waals surface area (Å²) in [7, 11) is 0. The van der Waals surface area contributed by atoms with Crippen molar-refractivity contribution in [3.8, 4) is 0 Å². The van der Waals surface area contributed by atoms with Crippen molar-refractivity contribution in [2.24, 2.45) is 11.7 Å². The molecule has 0 bridgehead atoms. The molecule has 1 heterocycles. The van der Waals surface area contributed by atoms with Crippen LogP contribution in [0.3, 0.4) is 0 Å². The van der Waals surface area contributed by atoms with Crippen LogP contribution in [0.1, 0.15) is 62.1 Å². The van der Waals surface area contributed by atoms with Gasteiger partial charge in [0.1, 0.15) is 0 Å². The maximum absolute atomic E-state index is 6.10. The van der Waals surface area contributed by atoms with E-state index in [2.05, 4.69) is 36.1 Å². The predicted octanol–water partition coefficient (Wildman–Crippen LogP) is 3.69. The highest BCUT2D eigenvalue weighted by Crippen LogP contribution is 2.46. The third kappa shape index (κ3) is 2.77. The molecule has 3 rings (SSSR count). The number of benzene rings is 1. The Bertz CT molecular complexity index is 437. The molecule has 1 aromatic rings. The molecule has 2 unspecified atom stereocenters.